The Morgan fingerprint density at radius 3 is 2.73 bits per heavy atom. The maximum Gasteiger partial charge on any atom is 0.263 e. The van der Waals surface area contributed by atoms with Crippen LogP contribution in [-0.2, 0) is 16.6 Å². The fourth-order valence-electron chi connectivity index (χ4n) is 1.91. The van der Waals surface area contributed by atoms with Crippen molar-refractivity contribution in [3.63, 3.8) is 0 Å². The van der Waals surface area contributed by atoms with Crippen LogP contribution in [0.2, 0.25) is 0 Å². The molecule has 2 aromatic rings. The predicted octanol–water partition coefficient (Wildman–Crippen LogP) is 2.49. The molecule has 1 N–H and O–H groups in total. The van der Waals surface area contributed by atoms with Crippen LogP contribution in [0.15, 0.2) is 35.4 Å². The molecule has 0 atom stereocenters. The lowest BCUT2D eigenvalue weighted by Gasteiger charge is -2.12. The monoisotopic (exact) mass is 327 g/mol. The van der Waals surface area contributed by atoms with Crippen molar-refractivity contribution in [1.82, 2.24) is 9.78 Å². The van der Waals surface area contributed by atoms with Gasteiger partial charge in [-0.05, 0) is 18.1 Å². The van der Waals surface area contributed by atoms with Crippen molar-refractivity contribution in [2.75, 3.05) is 11.8 Å². The van der Waals surface area contributed by atoms with Crippen LogP contribution < -0.4 is 9.46 Å². The molecule has 6 nitrogen and oxygen atoms in total. The van der Waals surface area contributed by atoms with E-state index in [1.165, 1.54) is 19.4 Å². The molecule has 0 fully saturated rings. The summed E-state index contributed by atoms with van der Waals surface area (Å²) in [7, 11) is -2.57. The van der Waals surface area contributed by atoms with E-state index in [2.05, 4.69) is 9.82 Å². The van der Waals surface area contributed by atoms with Gasteiger partial charge in [-0.25, -0.2) is 17.5 Å². The number of anilines is 1. The summed E-state index contributed by atoms with van der Waals surface area (Å²) in [5.41, 5.74) is 0. The van der Waals surface area contributed by atoms with E-state index in [-0.39, 0.29) is 10.6 Å². The minimum absolute atomic E-state index is 0.0805. The molecule has 22 heavy (non-hydrogen) atoms. The van der Waals surface area contributed by atoms with E-state index in [1.54, 1.807) is 10.7 Å². The van der Waals surface area contributed by atoms with Crippen LogP contribution in [0, 0.1) is 11.7 Å². The van der Waals surface area contributed by atoms with E-state index in [1.807, 2.05) is 13.8 Å². The summed E-state index contributed by atoms with van der Waals surface area (Å²) in [5.74, 6) is -0.0732. The van der Waals surface area contributed by atoms with Crippen molar-refractivity contribution in [3.05, 3.63) is 36.3 Å². The number of ether oxygens (including phenoxy) is 1. The van der Waals surface area contributed by atoms with Crippen LogP contribution in [0.4, 0.5) is 10.2 Å². The Hall–Kier alpha value is -2.09. The Kier molecular flexibility index (Phi) is 4.70. The predicted molar refractivity (Wildman–Crippen MR) is 80.8 cm³/mol. The Morgan fingerprint density at radius 1 is 1.36 bits per heavy atom. The van der Waals surface area contributed by atoms with Gasteiger partial charge in [0.25, 0.3) is 10.0 Å². The molecule has 0 aliphatic heterocycles. The van der Waals surface area contributed by atoms with Crippen LogP contribution in [0.3, 0.4) is 0 Å². The van der Waals surface area contributed by atoms with Gasteiger partial charge in [-0.1, -0.05) is 13.8 Å². The highest BCUT2D eigenvalue weighted by molar-refractivity contribution is 7.92. The third kappa shape index (κ3) is 3.56. The molecule has 0 amide bonds. The fourth-order valence-corrected chi connectivity index (χ4v) is 2.99. The lowest BCUT2D eigenvalue weighted by atomic mass is 10.2. The van der Waals surface area contributed by atoms with Crippen LogP contribution in [0.1, 0.15) is 13.8 Å². The third-order valence-corrected chi connectivity index (χ3v) is 4.28. The van der Waals surface area contributed by atoms with Crippen molar-refractivity contribution < 1.29 is 17.5 Å². The zero-order valence-electron chi connectivity index (χ0n) is 12.6. The number of aromatic nitrogens is 2. The molecular formula is C14H18FN3O3S. The minimum atomic E-state index is -3.85. The van der Waals surface area contributed by atoms with E-state index in [9.17, 15) is 12.8 Å². The van der Waals surface area contributed by atoms with Gasteiger partial charge in [0.1, 0.15) is 5.82 Å². The molecule has 8 heteroatoms. The lowest BCUT2D eigenvalue weighted by Crippen LogP contribution is -2.18. The average molecular weight is 327 g/mol. The SMILES string of the molecule is COc1cc(S(=O)(=O)Nc2ccnn2CC(C)C)ccc1F. The molecule has 1 aromatic heterocycles. The average Bonchev–Trinajstić information content (AvgIpc) is 2.84. The molecule has 0 unspecified atom stereocenters. The van der Waals surface area contributed by atoms with Crippen molar-refractivity contribution in [2.24, 2.45) is 5.92 Å². The van der Waals surface area contributed by atoms with Crippen molar-refractivity contribution >= 4 is 15.8 Å². The quantitative estimate of drug-likeness (QED) is 0.884. The maximum atomic E-state index is 13.4. The van der Waals surface area contributed by atoms with Gasteiger partial charge in [-0.15, -0.1) is 0 Å². The van der Waals surface area contributed by atoms with Crippen LogP contribution in [0.5, 0.6) is 5.75 Å². The van der Waals surface area contributed by atoms with Gasteiger partial charge in [-0.3, -0.25) is 4.72 Å². The first-order valence-electron chi connectivity index (χ1n) is 6.71. The second-order valence-corrected chi connectivity index (χ2v) is 6.88. The highest BCUT2D eigenvalue weighted by Gasteiger charge is 2.19. The number of hydrogen-bond donors (Lipinski definition) is 1. The first kappa shape index (κ1) is 16.3. The van der Waals surface area contributed by atoms with Crippen LogP contribution in [-0.4, -0.2) is 25.3 Å². The summed E-state index contributed by atoms with van der Waals surface area (Å²) in [6.07, 6.45) is 1.52. The largest absolute Gasteiger partial charge is 0.494 e. The number of sulfonamides is 1. The lowest BCUT2D eigenvalue weighted by molar-refractivity contribution is 0.385. The van der Waals surface area contributed by atoms with Crippen molar-refractivity contribution in [3.8, 4) is 5.75 Å². The summed E-state index contributed by atoms with van der Waals surface area (Å²) < 4.78 is 47.0. The van der Waals surface area contributed by atoms with Gasteiger partial charge < -0.3 is 4.74 Å². The Labute approximate surface area is 129 Å². The second-order valence-electron chi connectivity index (χ2n) is 5.19. The zero-order chi connectivity index (χ0) is 16.3. The fraction of sp³-hybridized carbons (Fsp3) is 0.357. The molecule has 120 valence electrons. The van der Waals surface area contributed by atoms with Gasteiger partial charge in [0, 0.05) is 18.7 Å². The Morgan fingerprint density at radius 2 is 2.09 bits per heavy atom. The molecule has 0 saturated carbocycles. The van der Waals surface area contributed by atoms with E-state index in [4.69, 9.17) is 4.74 Å². The summed E-state index contributed by atoms with van der Waals surface area (Å²) in [6, 6.07) is 4.95. The molecule has 2 rings (SSSR count). The molecule has 0 bridgehead atoms. The Balaban J connectivity index is 2.30. The van der Waals surface area contributed by atoms with Gasteiger partial charge in [-0.2, -0.15) is 5.10 Å². The molecule has 0 radical (unpaired) electrons. The number of nitrogens with one attached hydrogen (secondary N) is 1. The molecular weight excluding hydrogens is 309 g/mol. The number of hydrogen-bond acceptors (Lipinski definition) is 4. The first-order valence-corrected chi connectivity index (χ1v) is 8.20. The van der Waals surface area contributed by atoms with Crippen LogP contribution >= 0.6 is 0 Å². The van der Waals surface area contributed by atoms with E-state index >= 15 is 0 Å². The smallest absolute Gasteiger partial charge is 0.263 e. The second kappa shape index (κ2) is 6.35. The zero-order valence-corrected chi connectivity index (χ0v) is 13.4. The summed E-state index contributed by atoms with van der Waals surface area (Å²) in [4.78, 5) is -0.0805. The van der Waals surface area contributed by atoms with E-state index < -0.39 is 15.8 Å². The molecule has 0 aliphatic carbocycles. The van der Waals surface area contributed by atoms with Gasteiger partial charge in [0.15, 0.2) is 11.6 Å². The number of rotatable bonds is 6. The number of benzene rings is 1. The molecule has 0 saturated heterocycles. The van der Waals surface area contributed by atoms with E-state index in [0.717, 1.165) is 12.1 Å². The molecule has 0 aliphatic rings. The highest BCUT2D eigenvalue weighted by atomic mass is 32.2. The van der Waals surface area contributed by atoms with Crippen molar-refractivity contribution in [1.29, 1.82) is 0 Å². The number of methoxy groups -OCH3 is 1. The molecule has 1 aromatic carbocycles. The topological polar surface area (TPSA) is 73.2 Å². The van der Waals surface area contributed by atoms with Crippen molar-refractivity contribution in [2.45, 2.75) is 25.3 Å². The standard InChI is InChI=1S/C14H18FN3O3S/c1-10(2)9-18-14(6-7-16-18)17-22(19,20)11-4-5-12(15)13(8-11)21-3/h4-8,10,17H,9H2,1-3H3. The minimum Gasteiger partial charge on any atom is -0.494 e. The Bertz CT molecular complexity index is 756. The van der Waals surface area contributed by atoms with Crippen LogP contribution in [0.25, 0.3) is 0 Å². The third-order valence-electron chi connectivity index (χ3n) is 2.93. The normalized spacial score (nSPS) is 11.7. The summed E-state index contributed by atoms with van der Waals surface area (Å²) in [6.45, 7) is 4.59. The maximum absolute atomic E-state index is 13.4. The van der Waals surface area contributed by atoms with Gasteiger partial charge >= 0.3 is 0 Å². The van der Waals surface area contributed by atoms with E-state index in [0.29, 0.717) is 18.3 Å². The number of halogens is 1. The summed E-state index contributed by atoms with van der Waals surface area (Å²) >= 11 is 0. The molecule has 0 spiro atoms. The van der Waals surface area contributed by atoms with Gasteiger partial charge in [0.2, 0.25) is 0 Å². The first-order chi connectivity index (χ1) is 10.3. The molecule has 1 heterocycles. The number of nitrogens with zero attached hydrogens (tertiary/aromatic N) is 2. The highest BCUT2D eigenvalue weighted by Crippen LogP contribution is 2.23. The summed E-state index contributed by atoms with van der Waals surface area (Å²) in [5, 5.41) is 4.09. The van der Waals surface area contributed by atoms with Gasteiger partial charge in [0.05, 0.1) is 18.2 Å².